The molecule has 0 aromatic carbocycles. The molecule has 2 saturated heterocycles. The first-order valence-corrected chi connectivity index (χ1v) is 23.1. The Kier molecular flexibility index (Phi) is 23.6. The molecule has 0 amide bonds. The van der Waals surface area contributed by atoms with Gasteiger partial charge >= 0.3 is 0 Å². The van der Waals surface area contributed by atoms with Crippen molar-refractivity contribution in [2.45, 2.75) is 226 Å². The lowest BCUT2D eigenvalue weighted by atomic mass is 9.69. The first-order valence-electron chi connectivity index (χ1n) is 23.1. The smallest absolute Gasteiger partial charge is 0.146 e. The van der Waals surface area contributed by atoms with Gasteiger partial charge in [-0.15, -0.1) is 0 Å². The van der Waals surface area contributed by atoms with Crippen LogP contribution in [0.3, 0.4) is 0 Å². The molecule has 3 aliphatic carbocycles. The van der Waals surface area contributed by atoms with Gasteiger partial charge < -0.3 is 14.2 Å². The van der Waals surface area contributed by atoms with Gasteiger partial charge in [0.2, 0.25) is 0 Å². The van der Waals surface area contributed by atoms with Gasteiger partial charge in [0, 0.05) is 19.1 Å². The van der Waals surface area contributed by atoms with Crippen molar-refractivity contribution in [3.05, 3.63) is 0 Å². The van der Waals surface area contributed by atoms with E-state index in [9.17, 15) is 0 Å². The van der Waals surface area contributed by atoms with Crippen LogP contribution in [-0.4, -0.2) is 33.2 Å². The van der Waals surface area contributed by atoms with E-state index >= 15 is 0 Å². The second kappa shape index (κ2) is 24.6. The minimum Gasteiger partial charge on any atom is -0.381 e. The van der Waals surface area contributed by atoms with E-state index in [1.807, 2.05) is 0 Å². The average Bonchev–Trinajstić information content (AvgIpc) is 3.09. The summed E-state index contributed by atoms with van der Waals surface area (Å²) < 4.78 is 15.8. The fourth-order valence-electron chi connectivity index (χ4n) is 8.98. The summed E-state index contributed by atoms with van der Waals surface area (Å²) in [6.45, 7) is 41.5. The molecule has 0 spiro atoms. The third-order valence-electron chi connectivity index (χ3n) is 13.6. The molecule has 3 saturated carbocycles. The highest BCUT2D eigenvalue weighted by atomic mass is 16.7. The van der Waals surface area contributed by atoms with E-state index in [1.165, 1.54) is 116 Å². The Morgan fingerprint density at radius 2 is 0.830 bits per heavy atom. The summed E-state index contributed by atoms with van der Waals surface area (Å²) in [6.07, 6.45) is 26.3. The minimum absolute atomic E-state index is 0.320. The zero-order valence-corrected chi connectivity index (χ0v) is 39.5. The van der Waals surface area contributed by atoms with Crippen molar-refractivity contribution in [1.29, 1.82) is 0 Å². The Morgan fingerprint density at radius 1 is 0.434 bits per heavy atom. The summed E-state index contributed by atoms with van der Waals surface area (Å²) in [5.74, 6) is 5.30. The minimum atomic E-state index is 0.320. The third-order valence-corrected chi connectivity index (χ3v) is 13.6. The number of hydrogen-bond acceptors (Lipinski definition) is 3. The first kappa shape index (κ1) is 50.9. The maximum Gasteiger partial charge on any atom is 0.146 e. The molecule has 2 aliphatic heterocycles. The molecular formula is C50H100O3. The maximum atomic E-state index is 5.41. The molecule has 5 aliphatic rings. The standard InChI is InChI=1S/C12H24.C11H22.C10H20.C9H18O.C8H16O2/c1-10(12(2,3)4)11-8-6-5-7-9-11;1-11(2,3)9-10-7-5-4-6-8-10;1-10(2,3)9-7-5-4-6-8-9;1-9(2,3)8-5-4-6-10-7-8;1-8(2,3)7-4-9-6-10-5-7/h10-11H,5-9H2,1-4H3;10H,4-9H2,1-3H3;9H,4-8H2,1-3H3;8H,4-7H2,1-3H3;7H,4-6H2,1-3H3. The Balaban J connectivity index is 0.000000332. The molecule has 3 heteroatoms. The molecule has 318 valence electrons. The molecule has 53 heavy (non-hydrogen) atoms. The van der Waals surface area contributed by atoms with E-state index < -0.39 is 0 Å². The van der Waals surface area contributed by atoms with Crippen molar-refractivity contribution in [3.8, 4) is 0 Å². The van der Waals surface area contributed by atoms with Crippen molar-refractivity contribution in [1.82, 2.24) is 0 Å². The van der Waals surface area contributed by atoms with Gasteiger partial charge in [0.05, 0.1) is 13.2 Å². The second-order valence-corrected chi connectivity index (χ2v) is 23.7. The molecule has 2 heterocycles. The maximum absolute atomic E-state index is 5.41. The van der Waals surface area contributed by atoms with Gasteiger partial charge in [-0.3, -0.25) is 0 Å². The molecular weight excluding hydrogens is 649 g/mol. The van der Waals surface area contributed by atoms with Crippen LogP contribution in [0.2, 0.25) is 0 Å². The summed E-state index contributed by atoms with van der Waals surface area (Å²) in [7, 11) is 0. The Morgan fingerprint density at radius 3 is 1.15 bits per heavy atom. The Labute approximate surface area is 335 Å². The molecule has 3 nitrogen and oxygen atoms in total. The fourth-order valence-corrected chi connectivity index (χ4v) is 8.98. The third kappa shape index (κ3) is 24.3. The van der Waals surface area contributed by atoms with E-state index in [-0.39, 0.29) is 0 Å². The van der Waals surface area contributed by atoms with Crippen LogP contribution in [0.5, 0.6) is 0 Å². The van der Waals surface area contributed by atoms with Gasteiger partial charge in [-0.05, 0) is 88.8 Å². The highest BCUT2D eigenvalue weighted by Gasteiger charge is 2.30. The van der Waals surface area contributed by atoms with Crippen LogP contribution in [0.25, 0.3) is 0 Å². The summed E-state index contributed by atoms with van der Waals surface area (Å²) in [6, 6.07) is 0. The Bertz CT molecular complexity index is 792. The quantitative estimate of drug-likeness (QED) is 0.281. The van der Waals surface area contributed by atoms with Gasteiger partial charge in [-0.1, -0.05) is 194 Å². The summed E-state index contributed by atoms with van der Waals surface area (Å²) >= 11 is 0. The van der Waals surface area contributed by atoms with E-state index in [0.29, 0.717) is 39.8 Å². The fraction of sp³-hybridized carbons (Fsp3) is 1.00. The predicted molar refractivity (Wildman–Crippen MR) is 235 cm³/mol. The topological polar surface area (TPSA) is 27.7 Å². The zero-order valence-electron chi connectivity index (χ0n) is 39.5. The number of rotatable bonds is 2. The molecule has 0 bridgehead atoms. The molecule has 5 fully saturated rings. The molecule has 2 unspecified atom stereocenters. The largest absolute Gasteiger partial charge is 0.381 e. The first-order chi connectivity index (χ1) is 24.4. The molecule has 5 rings (SSSR count). The summed E-state index contributed by atoms with van der Waals surface area (Å²) in [5.41, 5.74) is 2.41. The summed E-state index contributed by atoms with van der Waals surface area (Å²) in [5, 5.41) is 0. The molecule has 0 aromatic rings. The summed E-state index contributed by atoms with van der Waals surface area (Å²) in [4.78, 5) is 0. The highest BCUT2D eigenvalue weighted by molar-refractivity contribution is 4.80. The molecule has 2 atom stereocenters. The number of hydrogen-bond donors (Lipinski definition) is 0. The van der Waals surface area contributed by atoms with Crippen molar-refractivity contribution in [3.63, 3.8) is 0 Å². The van der Waals surface area contributed by atoms with Crippen LogP contribution in [0.4, 0.5) is 0 Å². The molecule has 0 radical (unpaired) electrons. The number of ether oxygens (including phenoxy) is 3. The van der Waals surface area contributed by atoms with Crippen LogP contribution in [0.1, 0.15) is 226 Å². The normalized spacial score (nSPS) is 24.1. The highest BCUT2D eigenvalue weighted by Crippen LogP contribution is 2.40. The molecule has 0 N–H and O–H groups in total. The van der Waals surface area contributed by atoms with Crippen molar-refractivity contribution in [2.75, 3.05) is 33.2 Å². The van der Waals surface area contributed by atoms with Crippen LogP contribution >= 0.6 is 0 Å². The van der Waals surface area contributed by atoms with E-state index in [2.05, 4.69) is 111 Å². The lowest BCUT2D eigenvalue weighted by molar-refractivity contribution is -0.146. The van der Waals surface area contributed by atoms with E-state index in [0.717, 1.165) is 56.0 Å². The lowest BCUT2D eigenvalue weighted by Crippen LogP contribution is -2.33. The van der Waals surface area contributed by atoms with Crippen LogP contribution < -0.4 is 0 Å². The monoisotopic (exact) mass is 749 g/mol. The van der Waals surface area contributed by atoms with E-state index in [4.69, 9.17) is 14.2 Å². The second-order valence-electron chi connectivity index (χ2n) is 23.7. The lowest BCUT2D eigenvalue weighted by Gasteiger charge is -2.36. The van der Waals surface area contributed by atoms with E-state index in [1.54, 1.807) is 0 Å². The van der Waals surface area contributed by atoms with Gasteiger partial charge in [0.15, 0.2) is 0 Å². The van der Waals surface area contributed by atoms with Gasteiger partial charge in [0.1, 0.15) is 6.79 Å². The van der Waals surface area contributed by atoms with Crippen LogP contribution in [-0.2, 0) is 14.2 Å². The van der Waals surface area contributed by atoms with Crippen molar-refractivity contribution in [2.24, 2.45) is 62.6 Å². The SMILES string of the molecule is CC(C)(C)C1CCCCC1.CC(C)(C)C1CCCOC1.CC(C)(C)C1COCOC1.CC(C)(C)CC1CCCCC1.CC(C1CCCCC1)C(C)(C)C. The zero-order chi connectivity index (χ0) is 40.3. The average molecular weight is 749 g/mol. The van der Waals surface area contributed by atoms with Crippen molar-refractivity contribution < 1.29 is 14.2 Å². The van der Waals surface area contributed by atoms with Gasteiger partial charge in [-0.25, -0.2) is 0 Å². The van der Waals surface area contributed by atoms with Crippen LogP contribution in [0.15, 0.2) is 0 Å². The molecule has 0 aromatic heterocycles. The van der Waals surface area contributed by atoms with Crippen molar-refractivity contribution >= 4 is 0 Å². The Hall–Kier alpha value is -0.120. The van der Waals surface area contributed by atoms with Gasteiger partial charge in [-0.2, -0.15) is 0 Å². The predicted octanol–water partition coefficient (Wildman–Crippen LogP) is 16.0. The van der Waals surface area contributed by atoms with Gasteiger partial charge in [0.25, 0.3) is 0 Å². The van der Waals surface area contributed by atoms with Crippen LogP contribution in [0, 0.1) is 62.6 Å².